The number of aromatic amines is 2. The number of ether oxygens (including phenoxy) is 1. The van der Waals surface area contributed by atoms with Crippen molar-refractivity contribution in [3.05, 3.63) is 62.4 Å². The maximum atomic E-state index is 11.8. The van der Waals surface area contributed by atoms with Crippen LogP contribution in [0.4, 0.5) is 0 Å². The summed E-state index contributed by atoms with van der Waals surface area (Å²) in [6.07, 6.45) is -0.579. The molecule has 4 N–H and O–H groups in total. The fourth-order valence-corrected chi connectivity index (χ4v) is 2.25. The first-order chi connectivity index (χ1) is 12.0. The number of carbonyl (C=O) groups excluding carboxylic acids is 1. The third-order valence-electron chi connectivity index (χ3n) is 3.58. The molecule has 1 aromatic heterocycles. The van der Waals surface area contributed by atoms with Gasteiger partial charge in [0.05, 0.1) is 0 Å². The monoisotopic (exact) mass is 347 g/mol. The molecule has 8 heteroatoms. The fourth-order valence-electron chi connectivity index (χ4n) is 2.25. The van der Waals surface area contributed by atoms with Gasteiger partial charge in [-0.1, -0.05) is 18.2 Å². The van der Waals surface area contributed by atoms with Gasteiger partial charge in [-0.3, -0.25) is 14.6 Å². The zero-order valence-corrected chi connectivity index (χ0v) is 13.9. The smallest absolute Gasteiger partial charge is 0.325 e. The summed E-state index contributed by atoms with van der Waals surface area (Å²) in [7, 11) is 0. The van der Waals surface area contributed by atoms with E-state index in [0.29, 0.717) is 17.0 Å². The van der Waals surface area contributed by atoms with Crippen molar-refractivity contribution in [2.24, 2.45) is 0 Å². The molecule has 0 aliphatic carbocycles. The van der Waals surface area contributed by atoms with Crippen LogP contribution in [0.25, 0.3) is 0 Å². The highest BCUT2D eigenvalue weighted by Crippen LogP contribution is 2.08. The van der Waals surface area contributed by atoms with Gasteiger partial charge < -0.3 is 20.1 Å². The van der Waals surface area contributed by atoms with E-state index in [0.717, 1.165) is 0 Å². The molecule has 0 aliphatic heterocycles. The normalized spacial score (nSPS) is 11.8. The van der Waals surface area contributed by atoms with Gasteiger partial charge in [-0.15, -0.1) is 0 Å². The van der Waals surface area contributed by atoms with Gasteiger partial charge in [0.15, 0.2) is 0 Å². The molecule has 0 aliphatic rings. The SMILES string of the molecule is Cc1[nH]c(=O)[nH]c(=O)c1CCC(=O)NC[C@H](O)COc1ccccc1. The Balaban J connectivity index is 1.73. The molecule has 25 heavy (non-hydrogen) atoms. The number of aliphatic hydroxyl groups is 1. The number of aryl methyl sites for hydroxylation is 1. The topological polar surface area (TPSA) is 124 Å². The zero-order chi connectivity index (χ0) is 18.2. The Bertz CT molecular complexity index is 813. The average Bonchev–Trinajstić information content (AvgIpc) is 2.58. The number of aliphatic hydroxyl groups excluding tert-OH is 1. The van der Waals surface area contributed by atoms with Crippen molar-refractivity contribution in [2.75, 3.05) is 13.2 Å². The van der Waals surface area contributed by atoms with E-state index in [1.807, 2.05) is 18.2 Å². The molecule has 8 nitrogen and oxygen atoms in total. The summed E-state index contributed by atoms with van der Waals surface area (Å²) < 4.78 is 5.39. The molecule has 0 spiro atoms. The van der Waals surface area contributed by atoms with Gasteiger partial charge in [0.2, 0.25) is 5.91 Å². The van der Waals surface area contributed by atoms with Crippen molar-refractivity contribution in [2.45, 2.75) is 25.9 Å². The highest BCUT2D eigenvalue weighted by Gasteiger charge is 2.11. The number of carbonyl (C=O) groups is 1. The van der Waals surface area contributed by atoms with E-state index >= 15 is 0 Å². The summed E-state index contributed by atoms with van der Waals surface area (Å²) in [5.74, 6) is 0.337. The second kappa shape index (κ2) is 8.84. The number of benzene rings is 1. The van der Waals surface area contributed by atoms with Gasteiger partial charge in [-0.2, -0.15) is 0 Å². The van der Waals surface area contributed by atoms with Crippen LogP contribution in [0.15, 0.2) is 39.9 Å². The van der Waals surface area contributed by atoms with Crippen molar-refractivity contribution >= 4 is 5.91 Å². The number of rotatable bonds is 8. The van der Waals surface area contributed by atoms with E-state index in [4.69, 9.17) is 4.74 Å². The van der Waals surface area contributed by atoms with Crippen LogP contribution in [-0.2, 0) is 11.2 Å². The summed E-state index contributed by atoms with van der Waals surface area (Å²) in [6, 6.07) is 9.05. The number of hydrogen-bond donors (Lipinski definition) is 4. The van der Waals surface area contributed by atoms with Gasteiger partial charge >= 0.3 is 5.69 Å². The number of para-hydroxylation sites is 1. The third kappa shape index (κ3) is 5.92. The van der Waals surface area contributed by atoms with Crippen molar-refractivity contribution in [3.8, 4) is 5.75 Å². The number of aromatic nitrogens is 2. The fraction of sp³-hybridized carbons (Fsp3) is 0.353. The average molecular weight is 347 g/mol. The summed E-state index contributed by atoms with van der Waals surface area (Å²) in [6.45, 7) is 1.71. The maximum Gasteiger partial charge on any atom is 0.325 e. The molecule has 1 amide bonds. The van der Waals surface area contributed by atoms with Crippen molar-refractivity contribution in [1.82, 2.24) is 15.3 Å². The molecular formula is C17H21N3O5. The predicted octanol–water partition coefficient (Wildman–Crippen LogP) is -0.140. The molecule has 2 rings (SSSR count). The molecule has 0 bridgehead atoms. The maximum absolute atomic E-state index is 11.8. The van der Waals surface area contributed by atoms with Crippen LogP contribution < -0.4 is 21.3 Å². The van der Waals surface area contributed by atoms with E-state index < -0.39 is 17.4 Å². The standard InChI is InChI=1S/C17H21N3O5/c1-11-14(16(23)20-17(24)19-11)7-8-15(22)18-9-12(21)10-25-13-5-3-2-4-6-13/h2-6,12,21H,7-10H2,1H3,(H,18,22)(H2,19,20,23,24)/t12-/m0/s1. The number of nitrogens with one attached hydrogen (secondary N) is 3. The Morgan fingerprint density at radius 3 is 2.64 bits per heavy atom. The van der Waals surface area contributed by atoms with Crippen molar-refractivity contribution < 1.29 is 14.6 Å². The first-order valence-electron chi connectivity index (χ1n) is 7.90. The lowest BCUT2D eigenvalue weighted by Crippen LogP contribution is -2.35. The first kappa shape index (κ1) is 18.5. The van der Waals surface area contributed by atoms with E-state index in [2.05, 4.69) is 15.3 Å². The molecule has 0 saturated carbocycles. The number of hydrogen-bond acceptors (Lipinski definition) is 5. The minimum absolute atomic E-state index is 0.0482. The Morgan fingerprint density at radius 2 is 1.96 bits per heavy atom. The number of H-pyrrole nitrogens is 2. The molecule has 0 fully saturated rings. The van der Waals surface area contributed by atoms with Gasteiger partial charge in [0.25, 0.3) is 5.56 Å². The summed E-state index contributed by atoms with van der Waals surface area (Å²) in [5.41, 5.74) is -0.261. The highest BCUT2D eigenvalue weighted by molar-refractivity contribution is 5.76. The summed E-state index contributed by atoms with van der Waals surface area (Å²) >= 11 is 0. The third-order valence-corrected chi connectivity index (χ3v) is 3.58. The molecule has 1 aromatic carbocycles. The molecule has 1 heterocycles. The lowest BCUT2D eigenvalue weighted by atomic mass is 10.1. The van der Waals surface area contributed by atoms with Crippen LogP contribution in [0, 0.1) is 6.92 Å². The van der Waals surface area contributed by atoms with Crippen LogP contribution >= 0.6 is 0 Å². The quantitative estimate of drug-likeness (QED) is 0.529. The Kier molecular flexibility index (Phi) is 6.53. The first-order valence-corrected chi connectivity index (χ1v) is 7.90. The van der Waals surface area contributed by atoms with E-state index in [9.17, 15) is 19.5 Å². The molecule has 134 valence electrons. The van der Waals surface area contributed by atoms with Crippen LogP contribution in [0.3, 0.4) is 0 Å². The summed E-state index contributed by atoms with van der Waals surface area (Å²) in [5, 5.41) is 12.4. The predicted molar refractivity (Wildman–Crippen MR) is 91.7 cm³/mol. The van der Waals surface area contributed by atoms with Crippen LogP contribution in [0.2, 0.25) is 0 Å². The molecule has 2 aromatic rings. The highest BCUT2D eigenvalue weighted by atomic mass is 16.5. The lowest BCUT2D eigenvalue weighted by molar-refractivity contribution is -0.121. The van der Waals surface area contributed by atoms with Crippen LogP contribution in [0.1, 0.15) is 17.7 Å². The van der Waals surface area contributed by atoms with E-state index in [-0.39, 0.29) is 31.9 Å². The Morgan fingerprint density at radius 1 is 1.24 bits per heavy atom. The van der Waals surface area contributed by atoms with E-state index in [1.54, 1.807) is 19.1 Å². The van der Waals surface area contributed by atoms with Crippen molar-refractivity contribution in [1.29, 1.82) is 0 Å². The Labute approximate surface area is 143 Å². The molecular weight excluding hydrogens is 326 g/mol. The number of amides is 1. The zero-order valence-electron chi connectivity index (χ0n) is 13.9. The second-order valence-corrected chi connectivity index (χ2v) is 5.59. The van der Waals surface area contributed by atoms with E-state index in [1.165, 1.54) is 0 Å². The van der Waals surface area contributed by atoms with Crippen LogP contribution in [-0.4, -0.2) is 40.2 Å². The van der Waals surface area contributed by atoms with Gasteiger partial charge in [-0.05, 0) is 25.5 Å². The second-order valence-electron chi connectivity index (χ2n) is 5.59. The largest absolute Gasteiger partial charge is 0.491 e. The molecule has 0 saturated heterocycles. The van der Waals surface area contributed by atoms with Gasteiger partial charge in [0, 0.05) is 24.2 Å². The molecule has 0 radical (unpaired) electrons. The van der Waals surface area contributed by atoms with Gasteiger partial charge in [0.1, 0.15) is 18.5 Å². The lowest BCUT2D eigenvalue weighted by Gasteiger charge is -2.13. The minimum atomic E-state index is -0.845. The minimum Gasteiger partial charge on any atom is -0.491 e. The van der Waals surface area contributed by atoms with Gasteiger partial charge in [-0.25, -0.2) is 4.79 Å². The Hall–Kier alpha value is -2.87. The molecule has 1 atom stereocenters. The van der Waals surface area contributed by atoms with Crippen molar-refractivity contribution in [3.63, 3.8) is 0 Å². The molecule has 0 unspecified atom stereocenters. The summed E-state index contributed by atoms with van der Waals surface area (Å²) in [4.78, 5) is 39.3. The van der Waals surface area contributed by atoms with Crippen LogP contribution in [0.5, 0.6) is 5.75 Å².